The minimum atomic E-state index is -5.63. The van der Waals surface area contributed by atoms with Crippen LogP contribution < -0.4 is 5.73 Å². The van der Waals surface area contributed by atoms with E-state index in [1.807, 2.05) is 11.9 Å². The van der Waals surface area contributed by atoms with Crippen LogP contribution in [0.2, 0.25) is 0 Å². The van der Waals surface area contributed by atoms with Crippen molar-refractivity contribution >= 4 is 5.69 Å². The molecular weight excluding hydrogens is 305 g/mol. The smallest absolute Gasteiger partial charge is 0.399 e. The number of anilines is 1. The van der Waals surface area contributed by atoms with E-state index >= 15 is 0 Å². The zero-order chi connectivity index (χ0) is 16.5. The van der Waals surface area contributed by atoms with Gasteiger partial charge in [-0.1, -0.05) is 6.07 Å². The summed E-state index contributed by atoms with van der Waals surface area (Å²) in [4.78, 5) is 3.92. The fraction of sp³-hybridized carbons (Fsp3) is 0.571. The third-order valence-corrected chi connectivity index (χ3v) is 3.81. The molecule has 0 unspecified atom stereocenters. The van der Waals surface area contributed by atoms with Gasteiger partial charge in [0, 0.05) is 44.0 Å². The fourth-order valence-corrected chi connectivity index (χ4v) is 2.45. The number of nitrogens with zero attached hydrogens (tertiary/aromatic N) is 2. The van der Waals surface area contributed by atoms with E-state index in [-0.39, 0.29) is 17.8 Å². The standard InChI is InChI=1S/C14H18F5N3/c1-21-4-6-22(7-5-21)9-10-8-11(20)2-3-12(10)13(15,16)14(17,18)19/h2-3,8H,4-7,9,20H2,1H3. The van der Waals surface area contributed by atoms with E-state index in [0.29, 0.717) is 13.1 Å². The molecule has 1 saturated heterocycles. The van der Waals surface area contributed by atoms with Gasteiger partial charge < -0.3 is 10.6 Å². The molecular formula is C14H18F5N3. The van der Waals surface area contributed by atoms with Crippen LogP contribution in [0.25, 0.3) is 0 Å². The molecule has 8 heteroatoms. The van der Waals surface area contributed by atoms with Crippen LogP contribution in [-0.4, -0.2) is 49.2 Å². The summed E-state index contributed by atoms with van der Waals surface area (Å²) in [6.45, 7) is 2.74. The molecule has 2 rings (SSSR count). The number of rotatable bonds is 3. The van der Waals surface area contributed by atoms with Crippen molar-refractivity contribution < 1.29 is 22.0 Å². The van der Waals surface area contributed by atoms with Gasteiger partial charge in [-0.05, 0) is 24.7 Å². The predicted molar refractivity (Wildman–Crippen MR) is 73.6 cm³/mol. The van der Waals surface area contributed by atoms with Gasteiger partial charge in [-0.3, -0.25) is 4.90 Å². The minimum absolute atomic E-state index is 0.0277. The summed E-state index contributed by atoms with van der Waals surface area (Å²) in [7, 11) is 1.93. The van der Waals surface area contributed by atoms with E-state index in [2.05, 4.69) is 4.90 Å². The lowest BCUT2D eigenvalue weighted by atomic mass is 9.99. The van der Waals surface area contributed by atoms with Gasteiger partial charge in [0.25, 0.3) is 0 Å². The summed E-state index contributed by atoms with van der Waals surface area (Å²) >= 11 is 0. The number of likely N-dealkylation sites (N-methyl/N-ethyl adjacent to an activating group) is 1. The van der Waals surface area contributed by atoms with Gasteiger partial charge in [0.05, 0.1) is 0 Å². The summed E-state index contributed by atoms with van der Waals surface area (Å²) in [6, 6.07) is 3.05. The third kappa shape index (κ3) is 3.49. The average molecular weight is 323 g/mol. The highest BCUT2D eigenvalue weighted by Crippen LogP contribution is 2.45. The van der Waals surface area contributed by atoms with Crippen LogP contribution >= 0.6 is 0 Å². The van der Waals surface area contributed by atoms with E-state index in [0.717, 1.165) is 25.2 Å². The van der Waals surface area contributed by atoms with Crippen LogP contribution in [0.3, 0.4) is 0 Å². The molecule has 124 valence electrons. The lowest BCUT2D eigenvalue weighted by Gasteiger charge is -2.33. The Kier molecular flexibility index (Phi) is 4.62. The molecule has 0 atom stereocenters. The highest BCUT2D eigenvalue weighted by molar-refractivity contribution is 5.46. The Balaban J connectivity index is 2.29. The number of hydrogen-bond acceptors (Lipinski definition) is 3. The maximum absolute atomic E-state index is 13.7. The second-order valence-corrected chi connectivity index (χ2v) is 5.57. The molecule has 22 heavy (non-hydrogen) atoms. The first kappa shape index (κ1) is 17.0. The van der Waals surface area contributed by atoms with Crippen LogP contribution in [0.5, 0.6) is 0 Å². The number of halogens is 5. The minimum Gasteiger partial charge on any atom is -0.399 e. The monoisotopic (exact) mass is 323 g/mol. The van der Waals surface area contributed by atoms with Crippen molar-refractivity contribution in [1.82, 2.24) is 9.80 Å². The molecule has 2 N–H and O–H groups in total. The van der Waals surface area contributed by atoms with Crippen molar-refractivity contribution in [3.05, 3.63) is 29.3 Å². The Morgan fingerprint density at radius 2 is 1.64 bits per heavy atom. The second kappa shape index (κ2) is 6.00. The Bertz CT molecular complexity index is 522. The summed E-state index contributed by atoms with van der Waals surface area (Å²) in [5, 5.41) is 0. The number of benzene rings is 1. The molecule has 0 aliphatic carbocycles. The van der Waals surface area contributed by atoms with Crippen molar-refractivity contribution in [1.29, 1.82) is 0 Å². The summed E-state index contributed by atoms with van der Waals surface area (Å²) in [5.74, 6) is -4.89. The largest absolute Gasteiger partial charge is 0.458 e. The van der Waals surface area contributed by atoms with Crippen molar-refractivity contribution in [3.8, 4) is 0 Å². The first-order valence-electron chi connectivity index (χ1n) is 6.85. The van der Waals surface area contributed by atoms with Gasteiger partial charge in [-0.25, -0.2) is 0 Å². The van der Waals surface area contributed by atoms with E-state index in [9.17, 15) is 22.0 Å². The number of nitrogens with two attached hydrogens (primary N) is 1. The first-order chi connectivity index (χ1) is 10.1. The summed E-state index contributed by atoms with van der Waals surface area (Å²) in [6.07, 6.45) is -5.63. The molecule has 0 bridgehead atoms. The summed E-state index contributed by atoms with van der Waals surface area (Å²) in [5.41, 5.74) is 4.63. The van der Waals surface area contributed by atoms with E-state index in [4.69, 9.17) is 5.73 Å². The number of nitrogen functional groups attached to an aromatic ring is 1. The zero-order valence-corrected chi connectivity index (χ0v) is 12.1. The normalized spacial score (nSPS) is 18.6. The maximum Gasteiger partial charge on any atom is 0.458 e. The van der Waals surface area contributed by atoms with Gasteiger partial charge in [0.1, 0.15) is 0 Å². The fourth-order valence-electron chi connectivity index (χ4n) is 2.45. The Morgan fingerprint density at radius 3 is 2.18 bits per heavy atom. The highest BCUT2D eigenvalue weighted by Gasteiger charge is 2.59. The quantitative estimate of drug-likeness (QED) is 0.686. The van der Waals surface area contributed by atoms with Crippen molar-refractivity contribution in [2.45, 2.75) is 18.6 Å². The average Bonchev–Trinajstić information content (AvgIpc) is 2.40. The summed E-state index contributed by atoms with van der Waals surface area (Å²) < 4.78 is 65.2. The first-order valence-corrected chi connectivity index (χ1v) is 6.85. The molecule has 0 spiro atoms. The SMILES string of the molecule is CN1CCN(Cc2cc(N)ccc2C(F)(F)C(F)(F)F)CC1. The van der Waals surface area contributed by atoms with E-state index in [1.165, 1.54) is 6.07 Å². The molecule has 1 heterocycles. The highest BCUT2D eigenvalue weighted by atomic mass is 19.4. The Labute approximate surface area is 125 Å². The molecule has 1 aliphatic rings. The van der Waals surface area contributed by atoms with Crippen LogP contribution in [0.1, 0.15) is 11.1 Å². The van der Waals surface area contributed by atoms with Crippen LogP contribution in [0.15, 0.2) is 18.2 Å². The van der Waals surface area contributed by atoms with Gasteiger partial charge in [-0.2, -0.15) is 22.0 Å². The molecule has 1 aromatic rings. The zero-order valence-electron chi connectivity index (χ0n) is 12.1. The molecule has 3 nitrogen and oxygen atoms in total. The van der Waals surface area contributed by atoms with Crippen LogP contribution in [0, 0.1) is 0 Å². The lowest BCUT2D eigenvalue weighted by molar-refractivity contribution is -0.289. The van der Waals surface area contributed by atoms with Gasteiger partial charge in [0.15, 0.2) is 0 Å². The van der Waals surface area contributed by atoms with Gasteiger partial charge in [-0.15, -0.1) is 0 Å². The maximum atomic E-state index is 13.7. The van der Waals surface area contributed by atoms with Crippen molar-refractivity contribution in [3.63, 3.8) is 0 Å². The lowest BCUT2D eigenvalue weighted by Crippen LogP contribution is -2.44. The molecule has 0 aromatic heterocycles. The van der Waals surface area contributed by atoms with Gasteiger partial charge >= 0.3 is 12.1 Å². The number of alkyl halides is 5. The van der Waals surface area contributed by atoms with Crippen LogP contribution in [-0.2, 0) is 12.5 Å². The number of hydrogen-bond donors (Lipinski definition) is 1. The Morgan fingerprint density at radius 1 is 1.05 bits per heavy atom. The molecule has 0 radical (unpaired) electrons. The van der Waals surface area contributed by atoms with Crippen molar-refractivity contribution in [2.75, 3.05) is 39.0 Å². The topological polar surface area (TPSA) is 32.5 Å². The number of piperazine rings is 1. The molecule has 0 saturated carbocycles. The molecule has 1 fully saturated rings. The molecule has 1 aliphatic heterocycles. The molecule has 1 aromatic carbocycles. The van der Waals surface area contributed by atoms with E-state index in [1.54, 1.807) is 0 Å². The predicted octanol–water partition coefficient (Wildman–Crippen LogP) is 2.67. The molecule has 0 amide bonds. The Hall–Kier alpha value is -1.41. The van der Waals surface area contributed by atoms with Gasteiger partial charge in [0.2, 0.25) is 0 Å². The van der Waals surface area contributed by atoms with Crippen molar-refractivity contribution in [2.24, 2.45) is 0 Å². The second-order valence-electron chi connectivity index (χ2n) is 5.57. The third-order valence-electron chi connectivity index (χ3n) is 3.81. The van der Waals surface area contributed by atoms with Crippen LogP contribution in [0.4, 0.5) is 27.6 Å². The van der Waals surface area contributed by atoms with E-state index < -0.39 is 17.7 Å².